The van der Waals surface area contributed by atoms with E-state index in [9.17, 15) is 0 Å². The van der Waals surface area contributed by atoms with Gasteiger partial charge in [-0.15, -0.1) is 16.9 Å². The Labute approximate surface area is 106 Å². The van der Waals surface area contributed by atoms with Gasteiger partial charge in [-0.1, -0.05) is 13.8 Å². The van der Waals surface area contributed by atoms with Crippen molar-refractivity contribution in [2.75, 3.05) is 0 Å². The smallest absolute Gasteiger partial charge is 0.0888 e. The summed E-state index contributed by atoms with van der Waals surface area (Å²) in [6.07, 6.45) is 0. The molecular formula is C12H12NSV-. The Morgan fingerprint density at radius 2 is 2.00 bits per heavy atom. The molecule has 0 aliphatic carbocycles. The van der Waals surface area contributed by atoms with Gasteiger partial charge in [-0.2, -0.15) is 29.3 Å². The van der Waals surface area contributed by atoms with Crippen LogP contribution >= 0.6 is 11.3 Å². The van der Waals surface area contributed by atoms with Crippen molar-refractivity contribution in [2.45, 2.75) is 20.8 Å². The zero-order chi connectivity index (χ0) is 10.1. The summed E-state index contributed by atoms with van der Waals surface area (Å²) in [5.74, 6) is 0. The summed E-state index contributed by atoms with van der Waals surface area (Å²) >= 11 is 1.68. The molecule has 3 heteroatoms. The van der Waals surface area contributed by atoms with Crippen molar-refractivity contribution in [3.05, 3.63) is 39.7 Å². The fourth-order valence-electron chi connectivity index (χ4n) is 1.33. The molecule has 0 fully saturated rings. The molecule has 0 amide bonds. The minimum atomic E-state index is 0. The quantitative estimate of drug-likeness (QED) is 0.708. The summed E-state index contributed by atoms with van der Waals surface area (Å²) in [6.45, 7) is 6.21. The Balaban J connectivity index is 0.00000112. The standard InChI is InChI=1S/C12H12NS.V/c1-8-4-5-11(6-9(8)2)12-7-14-10(3)13-12;/h5-7H,1-3H3;/q-1;. The SMILES string of the molecule is Cc1nc(-c2c[c-]c(C)c(C)c2)cs1.[V]. The Hall–Kier alpha value is -0.566. The van der Waals surface area contributed by atoms with Crippen molar-refractivity contribution in [1.29, 1.82) is 0 Å². The maximum Gasteiger partial charge on any atom is 0.0888 e. The van der Waals surface area contributed by atoms with E-state index in [1.165, 1.54) is 11.1 Å². The normalized spacial score (nSPS) is 9.80. The Morgan fingerprint density at radius 3 is 2.53 bits per heavy atom. The van der Waals surface area contributed by atoms with E-state index in [0.29, 0.717) is 0 Å². The summed E-state index contributed by atoms with van der Waals surface area (Å²) in [5, 5.41) is 3.20. The third-order valence-corrected chi connectivity index (χ3v) is 3.10. The average Bonchev–Trinajstić information content (AvgIpc) is 2.57. The molecule has 1 aromatic carbocycles. The van der Waals surface area contributed by atoms with Crippen LogP contribution in [0.3, 0.4) is 0 Å². The van der Waals surface area contributed by atoms with Crippen molar-refractivity contribution in [3.63, 3.8) is 0 Å². The zero-order valence-electron chi connectivity index (χ0n) is 9.03. The van der Waals surface area contributed by atoms with Crippen LogP contribution in [0.5, 0.6) is 0 Å². The molecule has 0 atom stereocenters. The molecule has 0 aliphatic heterocycles. The number of nitrogens with zero attached hydrogens (tertiary/aromatic N) is 1. The van der Waals surface area contributed by atoms with Crippen molar-refractivity contribution in [3.8, 4) is 11.3 Å². The Bertz CT molecular complexity index is 462. The van der Waals surface area contributed by atoms with E-state index < -0.39 is 0 Å². The summed E-state index contributed by atoms with van der Waals surface area (Å²) in [4.78, 5) is 4.45. The van der Waals surface area contributed by atoms with Crippen molar-refractivity contribution < 1.29 is 18.6 Å². The molecule has 0 bridgehead atoms. The van der Waals surface area contributed by atoms with Gasteiger partial charge in [0.1, 0.15) is 0 Å². The number of aryl methyl sites for hydroxylation is 3. The molecule has 2 rings (SSSR count). The first kappa shape index (κ1) is 12.5. The second-order valence-electron chi connectivity index (χ2n) is 3.45. The topological polar surface area (TPSA) is 12.9 Å². The molecule has 1 radical (unpaired) electrons. The molecule has 77 valence electrons. The first-order chi connectivity index (χ1) is 6.66. The summed E-state index contributed by atoms with van der Waals surface area (Å²) in [6, 6.07) is 7.42. The molecule has 1 aromatic heterocycles. The first-order valence-corrected chi connectivity index (χ1v) is 5.46. The summed E-state index contributed by atoms with van der Waals surface area (Å²) in [7, 11) is 0. The van der Waals surface area contributed by atoms with Crippen LogP contribution in [0.1, 0.15) is 16.1 Å². The Kier molecular flexibility index (Phi) is 4.15. The average molecular weight is 253 g/mol. The second-order valence-corrected chi connectivity index (χ2v) is 4.51. The van der Waals surface area contributed by atoms with E-state index in [1.54, 1.807) is 11.3 Å². The monoisotopic (exact) mass is 253 g/mol. The van der Waals surface area contributed by atoms with Crippen LogP contribution in [-0.4, -0.2) is 4.98 Å². The minimum absolute atomic E-state index is 0. The largest absolute Gasteiger partial charge is 0.255 e. The van der Waals surface area contributed by atoms with Gasteiger partial charge >= 0.3 is 0 Å². The van der Waals surface area contributed by atoms with Crippen molar-refractivity contribution in [1.82, 2.24) is 4.98 Å². The third-order valence-electron chi connectivity index (χ3n) is 2.32. The molecule has 0 saturated carbocycles. The number of rotatable bonds is 1. The number of thiazole rings is 1. The van der Waals surface area contributed by atoms with E-state index in [0.717, 1.165) is 16.3 Å². The zero-order valence-corrected chi connectivity index (χ0v) is 11.2. The van der Waals surface area contributed by atoms with Crippen LogP contribution < -0.4 is 0 Å². The van der Waals surface area contributed by atoms with Crippen LogP contribution in [0.25, 0.3) is 11.3 Å². The fraction of sp³-hybridized carbons (Fsp3) is 0.250. The summed E-state index contributed by atoms with van der Waals surface area (Å²) < 4.78 is 0. The van der Waals surface area contributed by atoms with Gasteiger partial charge in [0, 0.05) is 29.6 Å². The van der Waals surface area contributed by atoms with E-state index in [2.05, 4.69) is 36.3 Å². The van der Waals surface area contributed by atoms with Gasteiger partial charge in [0.05, 0.1) is 5.01 Å². The molecule has 1 heterocycles. The molecular weight excluding hydrogens is 241 g/mol. The van der Waals surface area contributed by atoms with Crippen molar-refractivity contribution in [2.24, 2.45) is 0 Å². The Morgan fingerprint density at radius 1 is 1.27 bits per heavy atom. The van der Waals surface area contributed by atoms with Crippen molar-refractivity contribution >= 4 is 11.3 Å². The van der Waals surface area contributed by atoms with E-state index in [-0.39, 0.29) is 18.6 Å². The van der Waals surface area contributed by atoms with Crippen LogP contribution in [-0.2, 0) is 18.6 Å². The number of hydrogen-bond acceptors (Lipinski definition) is 2. The maximum absolute atomic E-state index is 4.45. The number of benzene rings is 1. The molecule has 0 unspecified atom stereocenters. The molecule has 15 heavy (non-hydrogen) atoms. The predicted octanol–water partition coefficient (Wildman–Crippen LogP) is 3.53. The van der Waals surface area contributed by atoms with Gasteiger partial charge in [0.25, 0.3) is 0 Å². The molecule has 0 aliphatic rings. The van der Waals surface area contributed by atoms with Gasteiger partial charge < -0.3 is 0 Å². The number of hydrogen-bond donors (Lipinski definition) is 0. The van der Waals surface area contributed by atoms with Gasteiger partial charge in [-0.3, -0.25) is 4.98 Å². The van der Waals surface area contributed by atoms with Crippen LogP contribution in [0.15, 0.2) is 17.5 Å². The van der Waals surface area contributed by atoms with E-state index in [1.807, 2.05) is 13.0 Å². The number of aromatic nitrogens is 1. The van der Waals surface area contributed by atoms with Gasteiger partial charge in [-0.05, 0) is 6.92 Å². The molecule has 2 aromatic rings. The minimum Gasteiger partial charge on any atom is -0.255 e. The molecule has 0 spiro atoms. The predicted molar refractivity (Wildman–Crippen MR) is 60.6 cm³/mol. The molecule has 0 saturated heterocycles. The fourth-order valence-corrected chi connectivity index (χ4v) is 1.95. The first-order valence-electron chi connectivity index (χ1n) is 4.58. The summed E-state index contributed by atoms with van der Waals surface area (Å²) in [5.41, 5.74) is 4.71. The van der Waals surface area contributed by atoms with Gasteiger partial charge in [0.15, 0.2) is 0 Å². The van der Waals surface area contributed by atoms with Gasteiger partial charge in [-0.25, -0.2) is 0 Å². The second kappa shape index (κ2) is 4.97. The third kappa shape index (κ3) is 2.72. The van der Waals surface area contributed by atoms with Crippen LogP contribution in [0.4, 0.5) is 0 Å². The van der Waals surface area contributed by atoms with E-state index >= 15 is 0 Å². The molecule has 1 nitrogen and oxygen atoms in total. The van der Waals surface area contributed by atoms with Crippen LogP contribution in [0.2, 0.25) is 0 Å². The molecule has 0 N–H and O–H groups in total. The van der Waals surface area contributed by atoms with Gasteiger partial charge in [0.2, 0.25) is 0 Å². The van der Waals surface area contributed by atoms with E-state index in [4.69, 9.17) is 0 Å². The van der Waals surface area contributed by atoms with Crippen LogP contribution in [0, 0.1) is 26.8 Å². The maximum atomic E-state index is 4.45.